The maximum absolute atomic E-state index is 13.2. The van der Waals surface area contributed by atoms with Gasteiger partial charge in [0.05, 0.1) is 22.8 Å². The van der Waals surface area contributed by atoms with Gasteiger partial charge in [0.1, 0.15) is 18.2 Å². The predicted octanol–water partition coefficient (Wildman–Crippen LogP) is 5.01. The first-order valence-corrected chi connectivity index (χ1v) is 10.1. The molecule has 0 radical (unpaired) electrons. The second-order valence-electron chi connectivity index (χ2n) is 7.07. The lowest BCUT2D eigenvalue weighted by Gasteiger charge is -2.16. The van der Waals surface area contributed by atoms with E-state index in [0.717, 1.165) is 11.6 Å². The third-order valence-electron chi connectivity index (χ3n) is 4.56. The molecule has 0 bridgehead atoms. The van der Waals surface area contributed by atoms with E-state index in [1.54, 1.807) is 22.9 Å². The smallest absolute Gasteiger partial charge is 0.418 e. The molecule has 0 aliphatic rings. The molecule has 2 aromatic heterocycles. The van der Waals surface area contributed by atoms with Gasteiger partial charge in [0, 0.05) is 18.0 Å². The van der Waals surface area contributed by atoms with Gasteiger partial charge in [-0.15, -0.1) is 5.10 Å². The highest BCUT2D eigenvalue weighted by atomic mass is 35.5. The van der Waals surface area contributed by atoms with E-state index in [0.29, 0.717) is 22.9 Å². The summed E-state index contributed by atoms with van der Waals surface area (Å²) in [4.78, 5) is 8.30. The van der Waals surface area contributed by atoms with Crippen LogP contribution < -0.4 is 10.1 Å². The largest absolute Gasteiger partial charge is 0.487 e. The Morgan fingerprint density at radius 2 is 1.85 bits per heavy atom. The van der Waals surface area contributed by atoms with Crippen molar-refractivity contribution in [3.05, 3.63) is 71.8 Å². The van der Waals surface area contributed by atoms with Crippen LogP contribution in [0.1, 0.15) is 12.5 Å². The summed E-state index contributed by atoms with van der Waals surface area (Å²) in [6, 6.07) is 10.3. The number of hydrogen-bond donors (Lipinski definition) is 1. The minimum atomic E-state index is -4.50. The van der Waals surface area contributed by atoms with Gasteiger partial charge in [-0.25, -0.2) is 14.6 Å². The van der Waals surface area contributed by atoms with E-state index >= 15 is 0 Å². The molecule has 0 aliphatic heterocycles. The Morgan fingerprint density at radius 1 is 1.09 bits per heavy atom. The van der Waals surface area contributed by atoms with Crippen molar-refractivity contribution in [2.45, 2.75) is 25.7 Å². The van der Waals surface area contributed by atoms with Crippen LogP contribution in [-0.4, -0.2) is 36.3 Å². The lowest BCUT2D eigenvalue weighted by atomic mass is 10.1. The van der Waals surface area contributed by atoms with Crippen LogP contribution in [0.15, 0.2) is 61.2 Å². The standard InChI is InChI=1S/C21H17ClF3N7O/c1-13(11-32-12-28-30-31-32)33-19-8-14(6-7-17(19)22)15-9-26-20(27-10-15)29-18-5-3-2-4-16(18)21(23,24)25/h2-10,12-13H,11H2,1H3,(H,26,27,29). The summed E-state index contributed by atoms with van der Waals surface area (Å²) in [7, 11) is 0. The zero-order valence-electron chi connectivity index (χ0n) is 17.2. The van der Waals surface area contributed by atoms with Crippen LogP contribution in [0.2, 0.25) is 5.02 Å². The minimum Gasteiger partial charge on any atom is -0.487 e. The molecular formula is C21H17ClF3N7O. The first-order valence-electron chi connectivity index (χ1n) is 9.72. The molecule has 0 saturated carbocycles. The second kappa shape index (κ2) is 9.41. The number of nitrogens with one attached hydrogen (secondary N) is 1. The van der Waals surface area contributed by atoms with Gasteiger partial charge in [-0.1, -0.05) is 29.8 Å². The number of halogens is 4. The topological polar surface area (TPSA) is 90.6 Å². The molecule has 12 heteroatoms. The number of benzene rings is 2. The van der Waals surface area contributed by atoms with Crippen molar-refractivity contribution in [2.24, 2.45) is 0 Å². The molecule has 0 saturated heterocycles. The molecule has 0 amide bonds. The zero-order chi connectivity index (χ0) is 23.4. The fraction of sp³-hybridized carbons (Fsp3) is 0.190. The average Bonchev–Trinajstić information content (AvgIpc) is 3.28. The molecule has 170 valence electrons. The van der Waals surface area contributed by atoms with E-state index in [1.807, 2.05) is 6.92 Å². The van der Waals surface area contributed by atoms with Crippen molar-refractivity contribution in [3.8, 4) is 16.9 Å². The third-order valence-corrected chi connectivity index (χ3v) is 4.87. The Labute approximate surface area is 191 Å². The summed E-state index contributed by atoms with van der Waals surface area (Å²) in [6.45, 7) is 2.28. The highest BCUT2D eigenvalue weighted by Gasteiger charge is 2.33. The predicted molar refractivity (Wildman–Crippen MR) is 115 cm³/mol. The Balaban J connectivity index is 1.50. The molecule has 4 rings (SSSR count). The number of para-hydroxylation sites is 1. The summed E-state index contributed by atoms with van der Waals surface area (Å²) in [5, 5.41) is 14.0. The number of rotatable bonds is 7. The van der Waals surface area contributed by atoms with Crippen molar-refractivity contribution < 1.29 is 17.9 Å². The van der Waals surface area contributed by atoms with Crippen molar-refractivity contribution in [3.63, 3.8) is 0 Å². The summed E-state index contributed by atoms with van der Waals surface area (Å²) in [5.74, 6) is 0.493. The molecule has 1 unspecified atom stereocenters. The van der Waals surface area contributed by atoms with E-state index in [1.165, 1.54) is 36.9 Å². The fourth-order valence-corrected chi connectivity index (χ4v) is 3.22. The van der Waals surface area contributed by atoms with Gasteiger partial charge >= 0.3 is 6.18 Å². The van der Waals surface area contributed by atoms with Crippen LogP contribution >= 0.6 is 11.6 Å². The Hall–Kier alpha value is -3.73. The molecule has 2 aromatic carbocycles. The van der Waals surface area contributed by atoms with Gasteiger partial charge in [0.25, 0.3) is 0 Å². The number of anilines is 2. The van der Waals surface area contributed by atoms with Crippen molar-refractivity contribution in [2.75, 3.05) is 5.32 Å². The first kappa shape index (κ1) is 22.5. The summed E-state index contributed by atoms with van der Waals surface area (Å²) >= 11 is 6.27. The molecule has 2 heterocycles. The maximum Gasteiger partial charge on any atom is 0.418 e. The minimum absolute atomic E-state index is 0.0379. The molecule has 4 aromatic rings. The number of tetrazole rings is 1. The Kier molecular flexibility index (Phi) is 6.40. The molecule has 1 N–H and O–H groups in total. The van der Waals surface area contributed by atoms with Crippen molar-refractivity contribution in [1.29, 1.82) is 0 Å². The van der Waals surface area contributed by atoms with Crippen LogP contribution in [0.4, 0.5) is 24.8 Å². The molecule has 0 aliphatic carbocycles. The Morgan fingerprint density at radius 3 is 2.55 bits per heavy atom. The quantitative estimate of drug-likeness (QED) is 0.401. The van der Waals surface area contributed by atoms with Gasteiger partial charge in [-0.05, 0) is 47.2 Å². The summed E-state index contributed by atoms with van der Waals surface area (Å²) < 4.78 is 47.0. The summed E-state index contributed by atoms with van der Waals surface area (Å²) in [6.07, 6.45) is -0.271. The highest BCUT2D eigenvalue weighted by Crippen LogP contribution is 2.36. The van der Waals surface area contributed by atoms with E-state index in [9.17, 15) is 13.2 Å². The van der Waals surface area contributed by atoms with Crippen LogP contribution in [0, 0.1) is 0 Å². The van der Waals surface area contributed by atoms with Gasteiger partial charge in [0.2, 0.25) is 5.95 Å². The van der Waals surface area contributed by atoms with Gasteiger partial charge in [0.15, 0.2) is 0 Å². The lowest BCUT2D eigenvalue weighted by Crippen LogP contribution is -2.20. The monoisotopic (exact) mass is 475 g/mol. The number of hydrogen-bond acceptors (Lipinski definition) is 7. The van der Waals surface area contributed by atoms with Crippen LogP contribution in [0.5, 0.6) is 5.75 Å². The average molecular weight is 476 g/mol. The van der Waals surface area contributed by atoms with Gasteiger partial charge < -0.3 is 10.1 Å². The maximum atomic E-state index is 13.2. The van der Waals surface area contributed by atoms with E-state index < -0.39 is 11.7 Å². The van der Waals surface area contributed by atoms with E-state index in [4.69, 9.17) is 16.3 Å². The molecule has 0 fully saturated rings. The van der Waals surface area contributed by atoms with Crippen LogP contribution in [0.25, 0.3) is 11.1 Å². The number of ether oxygens (including phenoxy) is 1. The number of nitrogens with zero attached hydrogens (tertiary/aromatic N) is 6. The van der Waals surface area contributed by atoms with Gasteiger partial charge in [-0.3, -0.25) is 0 Å². The van der Waals surface area contributed by atoms with Gasteiger partial charge in [-0.2, -0.15) is 13.2 Å². The van der Waals surface area contributed by atoms with Crippen molar-refractivity contribution in [1.82, 2.24) is 30.2 Å². The lowest BCUT2D eigenvalue weighted by molar-refractivity contribution is -0.136. The number of alkyl halides is 3. The zero-order valence-corrected chi connectivity index (χ0v) is 17.9. The third kappa shape index (κ3) is 5.55. The van der Waals surface area contributed by atoms with Crippen LogP contribution in [0.3, 0.4) is 0 Å². The van der Waals surface area contributed by atoms with Crippen LogP contribution in [-0.2, 0) is 12.7 Å². The van der Waals surface area contributed by atoms with E-state index in [-0.39, 0.29) is 17.7 Å². The van der Waals surface area contributed by atoms with E-state index in [2.05, 4.69) is 30.8 Å². The molecule has 0 spiro atoms. The second-order valence-corrected chi connectivity index (χ2v) is 7.48. The fourth-order valence-electron chi connectivity index (χ4n) is 3.06. The molecule has 33 heavy (non-hydrogen) atoms. The number of aromatic nitrogens is 6. The first-order chi connectivity index (χ1) is 15.8. The highest BCUT2D eigenvalue weighted by molar-refractivity contribution is 6.32. The molecule has 1 atom stereocenters. The SMILES string of the molecule is CC(Cn1cnnn1)Oc1cc(-c2cnc(Nc3ccccc3C(F)(F)F)nc2)ccc1Cl. The Bertz CT molecular complexity index is 1220. The molecule has 8 nitrogen and oxygen atoms in total. The summed E-state index contributed by atoms with van der Waals surface area (Å²) in [5.41, 5.74) is 0.440. The van der Waals surface area contributed by atoms with Crippen molar-refractivity contribution >= 4 is 23.2 Å². The molecular weight excluding hydrogens is 459 g/mol. The normalized spacial score (nSPS) is 12.4.